The number of aromatic nitrogens is 4. The summed E-state index contributed by atoms with van der Waals surface area (Å²) in [4.78, 5) is 63.9. The van der Waals surface area contributed by atoms with E-state index < -0.39 is 29.4 Å². The molecule has 1 aliphatic heterocycles. The molecule has 1 fully saturated rings. The number of hydrogen-bond donors (Lipinski definition) is 2. The first-order chi connectivity index (χ1) is 19.0. The average molecular weight is 567 g/mol. The van der Waals surface area contributed by atoms with E-state index in [0.29, 0.717) is 51.3 Å². The number of hydroxylamine groups is 2. The number of tetrazole rings is 1. The number of benzene rings is 1. The van der Waals surface area contributed by atoms with Gasteiger partial charge >= 0.3 is 23.6 Å². The number of carbonyl (C=O) groups is 4. The lowest BCUT2D eigenvalue weighted by molar-refractivity contribution is -0.240. The maximum atomic E-state index is 12.9. The van der Waals surface area contributed by atoms with Gasteiger partial charge in [-0.05, 0) is 36.3 Å². The third kappa shape index (κ3) is 7.86. The molecule has 16 heteroatoms. The van der Waals surface area contributed by atoms with E-state index in [2.05, 4.69) is 15.3 Å². The fraction of sp³-hybridized carbons (Fsp3) is 0.542. The third-order valence-electron chi connectivity index (χ3n) is 6.27. The number of methoxy groups -OCH3 is 2. The molecule has 1 amide bonds. The molecule has 1 saturated heterocycles. The minimum Gasteiger partial charge on any atom is -0.496 e. The molecule has 1 aromatic heterocycles. The summed E-state index contributed by atoms with van der Waals surface area (Å²) in [6.07, 6.45) is 0.642. The van der Waals surface area contributed by atoms with E-state index in [1.54, 1.807) is 13.2 Å². The molecule has 2 N–H and O–H groups in total. The van der Waals surface area contributed by atoms with Crippen LogP contribution in [0.25, 0.3) is 0 Å². The van der Waals surface area contributed by atoms with E-state index >= 15 is 0 Å². The van der Waals surface area contributed by atoms with E-state index in [9.17, 15) is 14.4 Å². The summed E-state index contributed by atoms with van der Waals surface area (Å²) in [5, 5.41) is 23.7. The highest BCUT2D eigenvalue weighted by molar-refractivity contribution is 6.27. The van der Waals surface area contributed by atoms with Crippen LogP contribution in [0.1, 0.15) is 32.3 Å². The Morgan fingerprint density at radius 1 is 1.00 bits per heavy atom. The second-order valence-electron chi connectivity index (χ2n) is 8.67. The van der Waals surface area contributed by atoms with Crippen LogP contribution in [0, 0.1) is 0 Å². The second-order valence-corrected chi connectivity index (χ2v) is 8.67. The number of carbonyl (C=O) groups excluding carboxylic acids is 2. The van der Waals surface area contributed by atoms with Crippen molar-refractivity contribution in [3.63, 3.8) is 0 Å². The molecule has 2 heterocycles. The van der Waals surface area contributed by atoms with Gasteiger partial charge in [0.1, 0.15) is 12.4 Å². The van der Waals surface area contributed by atoms with E-state index in [0.717, 1.165) is 10.6 Å². The van der Waals surface area contributed by atoms with Crippen molar-refractivity contribution in [3.8, 4) is 5.75 Å². The summed E-state index contributed by atoms with van der Waals surface area (Å²) < 4.78 is 13.1. The minimum atomic E-state index is -1.82. The zero-order valence-electron chi connectivity index (χ0n) is 22.8. The zero-order chi connectivity index (χ0) is 29.9. The van der Waals surface area contributed by atoms with Gasteiger partial charge in [-0.3, -0.25) is 9.63 Å². The number of nitrogens with zero attached hydrogens (tertiary/aromatic N) is 6. The Kier molecular flexibility index (Phi) is 11.8. The summed E-state index contributed by atoms with van der Waals surface area (Å²) in [6.45, 7) is 5.66. The Hall–Kier alpha value is -4.31. The topological polar surface area (TPSA) is 196 Å². The number of esters is 1. The molecule has 0 unspecified atom stereocenters. The number of piperidine rings is 1. The van der Waals surface area contributed by atoms with E-state index in [4.69, 9.17) is 34.1 Å². The highest BCUT2D eigenvalue weighted by atomic mass is 16.7. The first-order valence-electron chi connectivity index (χ1n) is 12.3. The van der Waals surface area contributed by atoms with Crippen LogP contribution in [0.15, 0.2) is 29.1 Å². The molecular formula is C24H34N6O10. The van der Waals surface area contributed by atoms with Gasteiger partial charge in [-0.2, -0.15) is 9.36 Å². The number of rotatable bonds is 10. The molecule has 0 atom stereocenters. The summed E-state index contributed by atoms with van der Waals surface area (Å²) >= 11 is 0. The molecule has 1 aliphatic rings. The fourth-order valence-electron chi connectivity index (χ4n) is 4.18. The minimum absolute atomic E-state index is 0.0576. The van der Waals surface area contributed by atoms with Gasteiger partial charge in [0.15, 0.2) is 5.54 Å². The quantitative estimate of drug-likeness (QED) is 0.215. The predicted molar refractivity (Wildman–Crippen MR) is 136 cm³/mol. The first-order valence-corrected chi connectivity index (χ1v) is 12.3. The summed E-state index contributed by atoms with van der Waals surface area (Å²) in [6, 6.07) is 7.32. The molecule has 3 rings (SSSR count). The predicted octanol–water partition coefficient (Wildman–Crippen LogP) is -0.388. The standard InChI is InChI=1S/C22H32N6O6.C2H2O4/c1-5-26-21(31)27(24-23-26)15-14-25-12-10-22(11-13-25,20(30)33-4)28(17(2)29)34-16-18-8-6-7-9-19(18)32-3;3-1(4)2(5)6/h6-9H,5,10-16H2,1-4H3;(H,3,4)(H,5,6). The third-order valence-corrected chi connectivity index (χ3v) is 6.27. The lowest BCUT2D eigenvalue weighted by atomic mass is 9.86. The molecule has 2 aromatic rings. The smallest absolute Gasteiger partial charge is 0.414 e. The van der Waals surface area contributed by atoms with Crippen LogP contribution in [-0.4, -0.2) is 103 Å². The Bertz CT molecular complexity index is 1220. The molecule has 0 radical (unpaired) electrons. The van der Waals surface area contributed by atoms with Gasteiger partial charge in [-0.1, -0.05) is 18.2 Å². The molecule has 220 valence electrons. The fourth-order valence-corrected chi connectivity index (χ4v) is 4.18. The van der Waals surface area contributed by atoms with Crippen molar-refractivity contribution in [1.82, 2.24) is 29.8 Å². The highest BCUT2D eigenvalue weighted by Gasteiger charge is 2.50. The summed E-state index contributed by atoms with van der Waals surface area (Å²) in [7, 11) is 2.86. The molecule has 16 nitrogen and oxygen atoms in total. The summed E-state index contributed by atoms with van der Waals surface area (Å²) in [5.74, 6) is -3.94. The van der Waals surface area contributed by atoms with Crippen molar-refractivity contribution in [2.75, 3.05) is 33.9 Å². The van der Waals surface area contributed by atoms with Crippen molar-refractivity contribution >= 4 is 23.8 Å². The average Bonchev–Trinajstić information content (AvgIpc) is 3.31. The largest absolute Gasteiger partial charge is 0.496 e. The van der Waals surface area contributed by atoms with Gasteiger partial charge in [-0.25, -0.2) is 24.2 Å². The van der Waals surface area contributed by atoms with Gasteiger partial charge in [0, 0.05) is 38.7 Å². The number of ether oxygens (including phenoxy) is 2. The lowest BCUT2D eigenvalue weighted by Crippen LogP contribution is -2.61. The first kappa shape index (κ1) is 31.9. The number of amides is 1. The molecule has 1 aromatic carbocycles. The number of carboxylic acids is 2. The normalized spacial score (nSPS) is 14.4. The Morgan fingerprint density at radius 3 is 2.10 bits per heavy atom. The van der Waals surface area contributed by atoms with Gasteiger partial charge < -0.3 is 24.6 Å². The highest BCUT2D eigenvalue weighted by Crippen LogP contribution is 2.32. The van der Waals surface area contributed by atoms with Crippen LogP contribution in [0.3, 0.4) is 0 Å². The molecular weight excluding hydrogens is 532 g/mol. The second kappa shape index (κ2) is 14.7. The number of carboxylic acid groups (broad SMARTS) is 2. The number of aliphatic carboxylic acids is 2. The molecule has 0 saturated carbocycles. The van der Waals surface area contributed by atoms with Crippen LogP contribution >= 0.6 is 0 Å². The van der Waals surface area contributed by atoms with Crippen molar-refractivity contribution < 1.29 is 43.7 Å². The number of aryl methyl sites for hydroxylation is 1. The summed E-state index contributed by atoms with van der Waals surface area (Å²) in [5.41, 5.74) is -0.753. The van der Waals surface area contributed by atoms with Gasteiger partial charge in [0.05, 0.1) is 20.8 Å². The van der Waals surface area contributed by atoms with Gasteiger partial charge in [-0.15, -0.1) is 0 Å². The van der Waals surface area contributed by atoms with Gasteiger partial charge in [0.2, 0.25) is 5.91 Å². The zero-order valence-corrected chi connectivity index (χ0v) is 22.8. The van der Waals surface area contributed by atoms with Crippen LogP contribution in [0.4, 0.5) is 0 Å². The monoisotopic (exact) mass is 566 g/mol. The molecule has 40 heavy (non-hydrogen) atoms. The molecule has 0 aliphatic carbocycles. The van der Waals surface area contributed by atoms with E-state index in [1.807, 2.05) is 25.1 Å². The SMILES string of the molecule is CCn1nnn(CCN2CCC(C(=O)OC)(N(OCc3ccccc3OC)C(C)=O)CC2)c1=O.O=C(O)C(=O)O. The van der Waals surface area contributed by atoms with E-state index in [1.165, 1.54) is 23.4 Å². The number of para-hydroxylation sites is 1. The van der Waals surface area contributed by atoms with Crippen molar-refractivity contribution in [2.24, 2.45) is 0 Å². The van der Waals surface area contributed by atoms with Crippen LogP contribution in [-0.2, 0) is 48.4 Å². The molecule has 0 spiro atoms. The number of hydrogen-bond acceptors (Lipinski definition) is 11. The van der Waals surface area contributed by atoms with Gasteiger partial charge in [0.25, 0.3) is 0 Å². The maximum absolute atomic E-state index is 12.9. The van der Waals surface area contributed by atoms with Crippen LogP contribution in [0.5, 0.6) is 5.75 Å². The Balaban J connectivity index is 0.000000840. The van der Waals surface area contributed by atoms with Crippen molar-refractivity contribution in [3.05, 3.63) is 40.3 Å². The Morgan fingerprint density at radius 2 is 1.60 bits per heavy atom. The maximum Gasteiger partial charge on any atom is 0.414 e. The lowest BCUT2D eigenvalue weighted by Gasteiger charge is -2.44. The van der Waals surface area contributed by atoms with Crippen LogP contribution < -0.4 is 10.4 Å². The van der Waals surface area contributed by atoms with Crippen LogP contribution in [0.2, 0.25) is 0 Å². The van der Waals surface area contributed by atoms with Crippen molar-refractivity contribution in [1.29, 1.82) is 0 Å². The van der Waals surface area contributed by atoms with Crippen molar-refractivity contribution in [2.45, 2.75) is 51.9 Å². The molecule has 0 bridgehead atoms. The Labute approximate surface area is 229 Å². The van der Waals surface area contributed by atoms with E-state index in [-0.39, 0.29) is 12.3 Å². The number of likely N-dealkylation sites (tertiary alicyclic amines) is 1.